The average molecular weight is 332 g/mol. The van der Waals surface area contributed by atoms with Gasteiger partial charge in [-0.1, -0.05) is 6.08 Å². The highest BCUT2D eigenvalue weighted by Crippen LogP contribution is 2.51. The van der Waals surface area contributed by atoms with Crippen molar-refractivity contribution in [2.75, 3.05) is 13.2 Å². The highest BCUT2D eigenvalue weighted by molar-refractivity contribution is 5.93. The summed E-state index contributed by atoms with van der Waals surface area (Å²) in [7, 11) is 0. The van der Waals surface area contributed by atoms with E-state index >= 15 is 0 Å². The van der Waals surface area contributed by atoms with E-state index in [1.165, 1.54) is 11.1 Å². The summed E-state index contributed by atoms with van der Waals surface area (Å²) in [6.45, 7) is 5.57. The lowest BCUT2D eigenvalue weighted by molar-refractivity contribution is -0.148. The molecule has 4 rings (SSSR count). The summed E-state index contributed by atoms with van der Waals surface area (Å²) >= 11 is 0. The van der Waals surface area contributed by atoms with Crippen molar-refractivity contribution < 1.29 is 19.0 Å². The van der Waals surface area contributed by atoms with E-state index < -0.39 is 0 Å². The molecule has 2 atom stereocenters. The van der Waals surface area contributed by atoms with Crippen LogP contribution in [0, 0.1) is 5.41 Å². The Hall–Kier alpha value is -1.13. The molecule has 0 saturated carbocycles. The molecule has 0 bridgehead atoms. The van der Waals surface area contributed by atoms with Gasteiger partial charge in [0.25, 0.3) is 0 Å². The van der Waals surface area contributed by atoms with Crippen molar-refractivity contribution in [3.8, 4) is 0 Å². The van der Waals surface area contributed by atoms with Crippen LogP contribution in [0.3, 0.4) is 0 Å². The minimum Gasteiger partial charge on any atom is -0.494 e. The highest BCUT2D eigenvalue weighted by atomic mass is 16.7. The van der Waals surface area contributed by atoms with Crippen LogP contribution in [0.5, 0.6) is 0 Å². The lowest BCUT2D eigenvalue weighted by Gasteiger charge is -2.39. The third kappa shape index (κ3) is 2.74. The highest BCUT2D eigenvalue weighted by Gasteiger charge is 2.46. The van der Waals surface area contributed by atoms with Gasteiger partial charge in [-0.2, -0.15) is 0 Å². The number of hydrogen-bond donors (Lipinski definition) is 0. The maximum atomic E-state index is 12.2. The van der Waals surface area contributed by atoms with Gasteiger partial charge in [0.15, 0.2) is 5.79 Å². The van der Waals surface area contributed by atoms with Gasteiger partial charge < -0.3 is 14.2 Å². The molecule has 1 saturated heterocycles. The molecule has 4 heteroatoms. The van der Waals surface area contributed by atoms with Gasteiger partial charge in [0.2, 0.25) is 0 Å². The Morgan fingerprint density at radius 2 is 2.00 bits per heavy atom. The molecule has 24 heavy (non-hydrogen) atoms. The van der Waals surface area contributed by atoms with Crippen LogP contribution in [0.1, 0.15) is 65.2 Å². The van der Waals surface area contributed by atoms with Crippen LogP contribution < -0.4 is 0 Å². The molecule has 0 aromatic heterocycles. The van der Waals surface area contributed by atoms with E-state index in [0.717, 1.165) is 50.7 Å². The van der Waals surface area contributed by atoms with E-state index in [2.05, 4.69) is 13.0 Å². The number of ketones is 1. The largest absolute Gasteiger partial charge is 0.494 e. The molecule has 2 aliphatic heterocycles. The van der Waals surface area contributed by atoms with Crippen LogP contribution in [-0.4, -0.2) is 30.9 Å². The normalized spacial score (nSPS) is 34.7. The smallest absolute Gasteiger partial charge is 0.165 e. The van der Waals surface area contributed by atoms with Gasteiger partial charge in [0, 0.05) is 19.3 Å². The summed E-state index contributed by atoms with van der Waals surface area (Å²) in [5.41, 5.74) is 2.37. The van der Waals surface area contributed by atoms with Crippen LogP contribution in [0.15, 0.2) is 23.0 Å². The third-order valence-corrected chi connectivity index (χ3v) is 6.30. The zero-order chi connectivity index (χ0) is 16.8. The van der Waals surface area contributed by atoms with Gasteiger partial charge >= 0.3 is 0 Å². The van der Waals surface area contributed by atoms with E-state index in [1.807, 2.05) is 6.92 Å². The number of ether oxygens (including phenoxy) is 3. The first-order chi connectivity index (χ1) is 11.5. The first kappa shape index (κ1) is 16.3. The van der Waals surface area contributed by atoms with Crippen LogP contribution in [0.2, 0.25) is 0 Å². The molecule has 132 valence electrons. The van der Waals surface area contributed by atoms with Crippen molar-refractivity contribution in [2.24, 2.45) is 5.41 Å². The maximum Gasteiger partial charge on any atom is 0.165 e. The Kier molecular flexibility index (Phi) is 4.08. The standard InChI is InChI=1S/C20H28O4/c1-19-11-9-17-15(16(19)7-8-18(19)21)6-5-14(24-17)4-3-10-20(2)22-12-13-23-20/h7,14H,3-6,8-13H2,1-2H3. The van der Waals surface area contributed by atoms with E-state index in [0.29, 0.717) is 31.5 Å². The van der Waals surface area contributed by atoms with Gasteiger partial charge in [-0.25, -0.2) is 0 Å². The SMILES string of the molecule is CC1(CCCC2CCC3=C(CCC4(C)C(=O)CC=C34)O2)OCCO1. The molecule has 0 amide bonds. The Balaban J connectivity index is 1.36. The molecule has 2 aliphatic carbocycles. The maximum absolute atomic E-state index is 12.2. The monoisotopic (exact) mass is 332 g/mol. The number of fused-ring (bicyclic) bond motifs is 2. The van der Waals surface area contributed by atoms with Gasteiger partial charge in [-0.3, -0.25) is 4.79 Å². The Labute approximate surface area is 144 Å². The van der Waals surface area contributed by atoms with Crippen molar-refractivity contribution in [1.29, 1.82) is 0 Å². The quantitative estimate of drug-likeness (QED) is 0.779. The van der Waals surface area contributed by atoms with Crippen LogP contribution >= 0.6 is 0 Å². The summed E-state index contributed by atoms with van der Waals surface area (Å²) < 4.78 is 17.7. The third-order valence-electron chi connectivity index (χ3n) is 6.30. The topological polar surface area (TPSA) is 44.8 Å². The number of carbonyl (C=O) groups excluding carboxylic acids is 1. The molecule has 4 nitrogen and oxygen atoms in total. The summed E-state index contributed by atoms with van der Waals surface area (Å²) in [6.07, 6.45) is 10.0. The molecule has 2 unspecified atom stereocenters. The van der Waals surface area contributed by atoms with E-state index in [-0.39, 0.29) is 11.2 Å². The number of Topliss-reactive ketones (excluding diaryl/α,β-unsaturated/α-hetero) is 1. The fraction of sp³-hybridized carbons (Fsp3) is 0.750. The van der Waals surface area contributed by atoms with Gasteiger partial charge in [-0.05, 0) is 57.1 Å². The Morgan fingerprint density at radius 3 is 2.79 bits per heavy atom. The fourth-order valence-corrected chi connectivity index (χ4v) is 4.72. The van der Waals surface area contributed by atoms with Gasteiger partial charge in [0.1, 0.15) is 5.78 Å². The van der Waals surface area contributed by atoms with Crippen molar-refractivity contribution in [3.05, 3.63) is 23.0 Å². The van der Waals surface area contributed by atoms with E-state index in [4.69, 9.17) is 14.2 Å². The molecule has 0 spiro atoms. The van der Waals surface area contributed by atoms with E-state index in [9.17, 15) is 4.79 Å². The summed E-state index contributed by atoms with van der Waals surface area (Å²) in [4.78, 5) is 12.2. The zero-order valence-electron chi connectivity index (χ0n) is 14.9. The molecular weight excluding hydrogens is 304 g/mol. The number of allylic oxidation sites excluding steroid dienone is 4. The van der Waals surface area contributed by atoms with Crippen molar-refractivity contribution >= 4 is 5.78 Å². The average Bonchev–Trinajstić information content (AvgIpc) is 3.12. The summed E-state index contributed by atoms with van der Waals surface area (Å²) in [6, 6.07) is 0. The lowest BCUT2D eigenvalue weighted by Crippen LogP contribution is -2.33. The van der Waals surface area contributed by atoms with Crippen molar-refractivity contribution in [3.63, 3.8) is 0 Å². The first-order valence-electron chi connectivity index (χ1n) is 9.41. The fourth-order valence-electron chi connectivity index (χ4n) is 4.72. The minimum atomic E-state index is -0.388. The molecule has 0 radical (unpaired) electrons. The van der Waals surface area contributed by atoms with Gasteiger partial charge in [0.05, 0.1) is 30.5 Å². The van der Waals surface area contributed by atoms with Crippen molar-refractivity contribution in [2.45, 2.75) is 77.1 Å². The molecule has 0 aromatic rings. The van der Waals surface area contributed by atoms with Crippen molar-refractivity contribution in [1.82, 2.24) is 0 Å². The lowest BCUT2D eigenvalue weighted by atomic mass is 9.70. The number of carbonyl (C=O) groups is 1. The first-order valence-corrected chi connectivity index (χ1v) is 9.41. The molecular formula is C20H28O4. The minimum absolute atomic E-state index is 0.235. The predicted octanol–water partition coefficient (Wildman–Crippen LogP) is 4.05. The second-order valence-electron chi connectivity index (χ2n) is 7.98. The molecule has 1 fully saturated rings. The van der Waals surface area contributed by atoms with Crippen LogP contribution in [-0.2, 0) is 19.0 Å². The van der Waals surface area contributed by atoms with E-state index in [1.54, 1.807) is 0 Å². The Bertz CT molecular complexity index is 597. The zero-order valence-corrected chi connectivity index (χ0v) is 14.9. The van der Waals surface area contributed by atoms with Gasteiger partial charge in [-0.15, -0.1) is 0 Å². The molecule has 0 aromatic carbocycles. The molecule has 0 N–H and O–H groups in total. The summed E-state index contributed by atoms with van der Waals surface area (Å²) in [5.74, 6) is 1.15. The number of hydrogen-bond acceptors (Lipinski definition) is 4. The predicted molar refractivity (Wildman–Crippen MR) is 90.3 cm³/mol. The Morgan fingerprint density at radius 1 is 1.21 bits per heavy atom. The second kappa shape index (κ2) is 5.99. The molecule has 4 aliphatic rings. The van der Waals surface area contributed by atoms with Crippen LogP contribution in [0.4, 0.5) is 0 Å². The second-order valence-corrected chi connectivity index (χ2v) is 7.98. The summed E-state index contributed by atoms with van der Waals surface area (Å²) in [5, 5.41) is 0. The van der Waals surface area contributed by atoms with Crippen LogP contribution in [0.25, 0.3) is 0 Å². The number of rotatable bonds is 4. The molecule has 2 heterocycles.